The first-order valence-electron chi connectivity index (χ1n) is 4.68. The minimum absolute atomic E-state index is 0.260. The number of rotatable bonds is 1. The van der Waals surface area contributed by atoms with Gasteiger partial charge in [0.2, 0.25) is 0 Å². The van der Waals surface area contributed by atoms with E-state index in [-0.39, 0.29) is 5.82 Å². The first-order valence-corrected chi connectivity index (χ1v) is 6.72. The zero-order valence-electron chi connectivity index (χ0n) is 9.17. The largest absolute Gasteiger partial charge is 0.233 e. The Morgan fingerprint density at radius 2 is 2.07 bits per heavy atom. The SMILES string of the molecule is CC.CSc1nc2ncc(F)c(C)c2s1. The molecule has 0 aliphatic carbocycles. The van der Waals surface area contributed by atoms with Crippen LogP contribution in [0.15, 0.2) is 10.5 Å². The second-order valence-electron chi connectivity index (χ2n) is 2.57. The maximum atomic E-state index is 13.1. The van der Waals surface area contributed by atoms with Gasteiger partial charge in [-0.25, -0.2) is 14.4 Å². The summed E-state index contributed by atoms with van der Waals surface area (Å²) in [6.45, 7) is 5.75. The fraction of sp³-hybridized carbons (Fsp3) is 0.400. The van der Waals surface area contributed by atoms with Crippen LogP contribution in [-0.2, 0) is 0 Å². The van der Waals surface area contributed by atoms with Crippen LogP contribution < -0.4 is 0 Å². The second-order valence-corrected chi connectivity index (χ2v) is 4.62. The molecular weight excluding hydrogens is 231 g/mol. The third-order valence-electron chi connectivity index (χ3n) is 1.76. The summed E-state index contributed by atoms with van der Waals surface area (Å²) in [7, 11) is 0. The number of fused-ring (bicyclic) bond motifs is 1. The molecule has 2 aromatic heterocycles. The molecule has 0 amide bonds. The van der Waals surface area contributed by atoms with E-state index in [0.29, 0.717) is 11.2 Å². The minimum atomic E-state index is -0.260. The summed E-state index contributed by atoms with van der Waals surface area (Å²) >= 11 is 3.04. The van der Waals surface area contributed by atoms with Crippen molar-refractivity contribution in [3.8, 4) is 0 Å². The van der Waals surface area contributed by atoms with Gasteiger partial charge in [-0.1, -0.05) is 25.6 Å². The molecule has 0 spiro atoms. The van der Waals surface area contributed by atoms with Crippen molar-refractivity contribution < 1.29 is 4.39 Å². The molecule has 0 N–H and O–H groups in total. The fourth-order valence-electron chi connectivity index (χ4n) is 1.04. The van der Waals surface area contributed by atoms with Crippen molar-refractivity contribution in [1.82, 2.24) is 9.97 Å². The van der Waals surface area contributed by atoms with Gasteiger partial charge in [0.1, 0.15) is 5.82 Å². The third-order valence-corrected chi connectivity index (χ3v) is 3.91. The van der Waals surface area contributed by atoms with Gasteiger partial charge >= 0.3 is 0 Å². The van der Waals surface area contributed by atoms with E-state index in [4.69, 9.17) is 0 Å². The summed E-state index contributed by atoms with van der Waals surface area (Å²) < 4.78 is 14.8. The number of pyridine rings is 1. The van der Waals surface area contributed by atoms with E-state index in [1.54, 1.807) is 18.7 Å². The second kappa shape index (κ2) is 5.42. The van der Waals surface area contributed by atoms with Crippen LogP contribution in [0.25, 0.3) is 10.3 Å². The number of halogens is 1. The van der Waals surface area contributed by atoms with E-state index in [9.17, 15) is 4.39 Å². The Morgan fingerprint density at radius 1 is 1.40 bits per heavy atom. The first kappa shape index (κ1) is 12.4. The molecule has 0 saturated carbocycles. The first-order chi connectivity index (χ1) is 7.22. The molecule has 5 heteroatoms. The molecule has 0 aliphatic rings. The van der Waals surface area contributed by atoms with Crippen LogP contribution in [0.2, 0.25) is 0 Å². The van der Waals surface area contributed by atoms with Gasteiger partial charge in [0, 0.05) is 5.56 Å². The van der Waals surface area contributed by atoms with E-state index >= 15 is 0 Å². The summed E-state index contributed by atoms with van der Waals surface area (Å²) in [5, 5.41) is 0. The number of hydrogen-bond acceptors (Lipinski definition) is 4. The van der Waals surface area contributed by atoms with Crippen LogP contribution in [0.5, 0.6) is 0 Å². The summed E-state index contributed by atoms with van der Waals surface area (Å²) in [5.41, 5.74) is 1.29. The summed E-state index contributed by atoms with van der Waals surface area (Å²) in [6.07, 6.45) is 3.17. The number of thioether (sulfide) groups is 1. The van der Waals surface area contributed by atoms with Crippen molar-refractivity contribution in [2.75, 3.05) is 6.26 Å². The maximum Gasteiger partial charge on any atom is 0.172 e. The number of aryl methyl sites for hydroxylation is 1. The molecule has 0 unspecified atom stereocenters. The van der Waals surface area contributed by atoms with Gasteiger partial charge in [-0.3, -0.25) is 0 Å². The highest BCUT2D eigenvalue weighted by Crippen LogP contribution is 2.29. The Morgan fingerprint density at radius 3 is 2.67 bits per heavy atom. The standard InChI is InChI=1S/C8H7FN2S2.C2H6/c1-4-5(9)3-10-7-6(4)13-8(11-7)12-2;1-2/h3H,1-2H3;1-2H3. The molecule has 2 aromatic rings. The van der Waals surface area contributed by atoms with Gasteiger partial charge in [-0.15, -0.1) is 11.3 Å². The van der Waals surface area contributed by atoms with Crippen LogP contribution in [-0.4, -0.2) is 16.2 Å². The van der Waals surface area contributed by atoms with E-state index in [1.165, 1.54) is 17.5 Å². The molecule has 0 aliphatic heterocycles. The zero-order valence-corrected chi connectivity index (χ0v) is 10.8. The van der Waals surface area contributed by atoms with Gasteiger partial charge in [-0.2, -0.15) is 0 Å². The smallest absolute Gasteiger partial charge is 0.172 e. The van der Waals surface area contributed by atoms with E-state index in [2.05, 4.69) is 9.97 Å². The lowest BCUT2D eigenvalue weighted by molar-refractivity contribution is 0.615. The van der Waals surface area contributed by atoms with Gasteiger partial charge in [0.25, 0.3) is 0 Å². The number of hydrogen-bond donors (Lipinski definition) is 0. The van der Waals surface area contributed by atoms with Crippen molar-refractivity contribution in [3.63, 3.8) is 0 Å². The quantitative estimate of drug-likeness (QED) is 0.712. The normalized spacial score (nSPS) is 9.93. The molecule has 0 atom stereocenters. The molecule has 2 rings (SSSR count). The molecule has 0 aromatic carbocycles. The average Bonchev–Trinajstić information content (AvgIpc) is 2.70. The number of nitrogens with zero attached hydrogens (tertiary/aromatic N) is 2. The van der Waals surface area contributed by atoms with Crippen LogP contribution in [0.4, 0.5) is 4.39 Å². The van der Waals surface area contributed by atoms with Gasteiger partial charge < -0.3 is 0 Å². The van der Waals surface area contributed by atoms with Crippen molar-refractivity contribution >= 4 is 33.4 Å². The van der Waals surface area contributed by atoms with E-state index in [1.807, 2.05) is 20.1 Å². The molecule has 82 valence electrons. The van der Waals surface area contributed by atoms with Crippen LogP contribution in [0.1, 0.15) is 19.4 Å². The monoisotopic (exact) mass is 244 g/mol. The van der Waals surface area contributed by atoms with Crippen LogP contribution >= 0.6 is 23.1 Å². The van der Waals surface area contributed by atoms with Crippen molar-refractivity contribution in [2.45, 2.75) is 25.1 Å². The van der Waals surface area contributed by atoms with Crippen molar-refractivity contribution in [3.05, 3.63) is 17.6 Å². The van der Waals surface area contributed by atoms with E-state index < -0.39 is 0 Å². The minimum Gasteiger partial charge on any atom is -0.233 e. The maximum absolute atomic E-state index is 13.1. The van der Waals surface area contributed by atoms with Gasteiger partial charge in [0.15, 0.2) is 9.99 Å². The molecule has 0 bridgehead atoms. The fourth-order valence-corrected chi connectivity index (χ4v) is 2.54. The lowest BCUT2D eigenvalue weighted by Crippen LogP contribution is -1.85. The predicted molar refractivity (Wildman–Crippen MR) is 65.2 cm³/mol. The van der Waals surface area contributed by atoms with Crippen LogP contribution in [0.3, 0.4) is 0 Å². The molecule has 0 saturated heterocycles. The number of thiazole rings is 1. The Balaban J connectivity index is 0.000000531. The van der Waals surface area contributed by atoms with Gasteiger partial charge in [0.05, 0.1) is 10.9 Å². The van der Waals surface area contributed by atoms with Gasteiger partial charge in [-0.05, 0) is 13.2 Å². The zero-order chi connectivity index (χ0) is 11.4. The van der Waals surface area contributed by atoms with E-state index in [0.717, 1.165) is 9.04 Å². The summed E-state index contributed by atoms with van der Waals surface area (Å²) in [4.78, 5) is 8.16. The topological polar surface area (TPSA) is 25.8 Å². The summed E-state index contributed by atoms with van der Waals surface area (Å²) in [6, 6.07) is 0. The van der Waals surface area contributed by atoms with Crippen molar-refractivity contribution in [1.29, 1.82) is 0 Å². The Bertz CT molecular complexity index is 454. The molecule has 0 fully saturated rings. The highest BCUT2D eigenvalue weighted by Gasteiger charge is 2.09. The molecule has 15 heavy (non-hydrogen) atoms. The molecule has 0 radical (unpaired) electrons. The Kier molecular flexibility index (Phi) is 4.47. The molecule has 2 heterocycles. The predicted octanol–water partition coefficient (Wildman–Crippen LogP) is 3.89. The number of aromatic nitrogens is 2. The van der Waals surface area contributed by atoms with Crippen LogP contribution in [0, 0.1) is 12.7 Å². The third kappa shape index (κ3) is 2.46. The summed E-state index contributed by atoms with van der Waals surface area (Å²) in [5.74, 6) is -0.260. The Labute approximate surface area is 96.9 Å². The highest BCUT2D eigenvalue weighted by atomic mass is 32.2. The highest BCUT2D eigenvalue weighted by molar-refractivity contribution is 8.00. The lowest BCUT2D eigenvalue weighted by Gasteiger charge is -1.93. The Hall–Kier alpha value is -0.680. The van der Waals surface area contributed by atoms with Crippen molar-refractivity contribution in [2.24, 2.45) is 0 Å². The lowest BCUT2D eigenvalue weighted by atomic mass is 10.3. The molecule has 2 nitrogen and oxygen atoms in total. The molecular formula is C10H13FN2S2. The average molecular weight is 244 g/mol.